The van der Waals surface area contributed by atoms with E-state index in [2.05, 4.69) is 24.3 Å². The Hall–Kier alpha value is -4.26. The molecule has 1 heterocycles. The molecule has 1 aliphatic carbocycles. The number of nitrogens with one attached hydrogen (secondary N) is 1. The van der Waals surface area contributed by atoms with Gasteiger partial charge in [-0.1, -0.05) is 87.0 Å². The lowest BCUT2D eigenvalue weighted by Crippen LogP contribution is -2.31. The van der Waals surface area contributed by atoms with E-state index in [9.17, 15) is 19.5 Å². The van der Waals surface area contributed by atoms with Crippen LogP contribution >= 0.6 is 0 Å². The number of carboxylic acids is 1. The van der Waals surface area contributed by atoms with E-state index in [4.69, 9.17) is 0 Å². The summed E-state index contributed by atoms with van der Waals surface area (Å²) in [5, 5.41) is 18.8. The zero-order valence-electron chi connectivity index (χ0n) is 23.0. The zero-order valence-corrected chi connectivity index (χ0v) is 23.0. The van der Waals surface area contributed by atoms with Crippen LogP contribution in [0.4, 0.5) is 5.69 Å². The van der Waals surface area contributed by atoms with E-state index in [1.165, 1.54) is 0 Å². The van der Waals surface area contributed by atoms with Gasteiger partial charge in [-0.25, -0.2) is 5.01 Å². The number of anilines is 1. The van der Waals surface area contributed by atoms with Crippen molar-refractivity contribution >= 4 is 29.2 Å². The molecule has 2 aliphatic rings. The third-order valence-electron chi connectivity index (χ3n) is 8.18. The van der Waals surface area contributed by atoms with Crippen LogP contribution in [0.2, 0.25) is 0 Å². The normalized spacial score (nSPS) is 18.1. The minimum absolute atomic E-state index is 0.00106. The molecule has 7 heteroatoms. The van der Waals surface area contributed by atoms with Crippen molar-refractivity contribution in [2.75, 3.05) is 5.32 Å². The lowest BCUT2D eigenvalue weighted by atomic mass is 9.84. The van der Waals surface area contributed by atoms with Crippen LogP contribution in [0, 0.1) is 11.8 Å². The number of carbonyl (C=O) groups is 3. The van der Waals surface area contributed by atoms with Gasteiger partial charge >= 0.3 is 5.97 Å². The quantitative estimate of drug-likeness (QED) is 0.361. The van der Waals surface area contributed by atoms with Crippen molar-refractivity contribution in [3.63, 3.8) is 0 Å². The summed E-state index contributed by atoms with van der Waals surface area (Å²) in [7, 11) is 0. The van der Waals surface area contributed by atoms with E-state index in [0.29, 0.717) is 37.9 Å². The summed E-state index contributed by atoms with van der Waals surface area (Å²) < 4.78 is 0. The van der Waals surface area contributed by atoms with Crippen LogP contribution in [0.25, 0.3) is 0 Å². The molecule has 0 fully saturated rings. The second-order valence-electron chi connectivity index (χ2n) is 10.8. The SMILES string of the molecule is CCC(C)C(C(=O)Nc1cccc2c1CC(C(=O)O)C2)c1ccc(CN2N=C(c3ccccc3)CCC2=O)cc1. The van der Waals surface area contributed by atoms with E-state index in [0.717, 1.165) is 39.9 Å². The Morgan fingerprint density at radius 3 is 2.45 bits per heavy atom. The van der Waals surface area contributed by atoms with Gasteiger partial charge in [0.05, 0.1) is 24.1 Å². The van der Waals surface area contributed by atoms with Crippen LogP contribution in [0.3, 0.4) is 0 Å². The average Bonchev–Trinajstić information content (AvgIpc) is 3.42. The largest absolute Gasteiger partial charge is 0.481 e. The third-order valence-corrected chi connectivity index (χ3v) is 8.18. The average molecular weight is 538 g/mol. The van der Waals surface area contributed by atoms with Gasteiger partial charge in [-0.05, 0) is 52.6 Å². The van der Waals surface area contributed by atoms with E-state index in [1.807, 2.05) is 72.8 Å². The lowest BCUT2D eigenvalue weighted by molar-refractivity contribution is -0.141. The number of hydrogen-bond acceptors (Lipinski definition) is 4. The van der Waals surface area contributed by atoms with Crippen molar-refractivity contribution in [1.82, 2.24) is 5.01 Å². The number of carboxylic acid groups (broad SMARTS) is 1. The number of carbonyl (C=O) groups excluding carboxylic acids is 2. The molecule has 7 nitrogen and oxygen atoms in total. The van der Waals surface area contributed by atoms with Gasteiger partial charge in [0.15, 0.2) is 0 Å². The van der Waals surface area contributed by atoms with Crippen molar-refractivity contribution in [2.45, 2.75) is 58.4 Å². The van der Waals surface area contributed by atoms with E-state index in [-0.39, 0.29) is 23.7 Å². The Balaban J connectivity index is 1.32. The number of benzene rings is 3. The van der Waals surface area contributed by atoms with Crippen molar-refractivity contribution in [2.24, 2.45) is 16.9 Å². The molecule has 1 aliphatic heterocycles. The van der Waals surface area contributed by atoms with Gasteiger partial charge in [0, 0.05) is 18.5 Å². The number of fused-ring (bicyclic) bond motifs is 1. The molecule has 206 valence electrons. The van der Waals surface area contributed by atoms with Crippen LogP contribution in [0.15, 0.2) is 77.9 Å². The molecule has 0 spiro atoms. The Labute approximate surface area is 234 Å². The fraction of sp³-hybridized carbons (Fsp3) is 0.333. The minimum atomic E-state index is -0.806. The number of amides is 2. The van der Waals surface area contributed by atoms with Gasteiger partial charge in [0.1, 0.15) is 0 Å². The van der Waals surface area contributed by atoms with Crippen LogP contribution in [-0.4, -0.2) is 33.6 Å². The molecule has 0 saturated carbocycles. The number of nitrogens with zero attached hydrogens (tertiary/aromatic N) is 2. The van der Waals surface area contributed by atoms with Crippen molar-refractivity contribution in [3.8, 4) is 0 Å². The first-order valence-electron chi connectivity index (χ1n) is 14.0. The van der Waals surface area contributed by atoms with Crippen LogP contribution in [-0.2, 0) is 33.8 Å². The summed E-state index contributed by atoms with van der Waals surface area (Å²) in [5.74, 6) is -1.63. The zero-order chi connectivity index (χ0) is 28.2. The maximum atomic E-state index is 13.6. The summed E-state index contributed by atoms with van der Waals surface area (Å²) in [4.78, 5) is 37.8. The minimum Gasteiger partial charge on any atom is -0.481 e. The van der Waals surface area contributed by atoms with Gasteiger partial charge < -0.3 is 10.4 Å². The predicted octanol–water partition coefficient (Wildman–Crippen LogP) is 5.78. The highest BCUT2D eigenvalue weighted by Gasteiger charge is 2.31. The van der Waals surface area contributed by atoms with E-state index >= 15 is 0 Å². The molecular weight excluding hydrogens is 502 g/mol. The summed E-state index contributed by atoms with van der Waals surface area (Å²) in [6, 6.07) is 23.5. The first-order valence-corrected chi connectivity index (χ1v) is 14.0. The highest BCUT2D eigenvalue weighted by atomic mass is 16.4. The second-order valence-corrected chi connectivity index (χ2v) is 10.8. The summed E-state index contributed by atoms with van der Waals surface area (Å²) in [6.07, 6.45) is 2.80. The van der Waals surface area contributed by atoms with Crippen LogP contribution in [0.5, 0.6) is 0 Å². The van der Waals surface area contributed by atoms with Gasteiger partial charge in [0.2, 0.25) is 11.8 Å². The van der Waals surface area contributed by atoms with Gasteiger partial charge in [-0.2, -0.15) is 5.10 Å². The van der Waals surface area contributed by atoms with Crippen molar-refractivity contribution in [3.05, 3.63) is 101 Å². The molecule has 0 saturated heterocycles. The second kappa shape index (κ2) is 11.9. The van der Waals surface area contributed by atoms with E-state index in [1.54, 1.807) is 5.01 Å². The van der Waals surface area contributed by atoms with Gasteiger partial charge in [-0.15, -0.1) is 0 Å². The molecule has 0 aromatic heterocycles. The number of hydrazone groups is 1. The monoisotopic (exact) mass is 537 g/mol. The fourth-order valence-electron chi connectivity index (χ4n) is 5.69. The molecule has 3 aromatic rings. The standard InChI is InChI=1S/C33H35N3O4/c1-3-21(2)31(32(38)34-29-11-7-10-25-18-26(33(39)40)19-27(25)29)24-14-12-22(13-15-24)20-36-30(37)17-16-28(35-36)23-8-5-4-6-9-23/h4-15,21,26,31H,3,16-20H2,1-2H3,(H,34,38)(H,39,40). The number of hydrogen-bond donors (Lipinski definition) is 2. The van der Waals surface area contributed by atoms with Gasteiger partial charge in [-0.3, -0.25) is 14.4 Å². The maximum absolute atomic E-state index is 13.6. The van der Waals surface area contributed by atoms with Crippen LogP contribution < -0.4 is 5.32 Å². The summed E-state index contributed by atoms with van der Waals surface area (Å²) >= 11 is 0. The molecule has 3 atom stereocenters. The Bertz CT molecular complexity index is 1430. The molecule has 2 N–H and O–H groups in total. The molecule has 2 amide bonds. The van der Waals surface area contributed by atoms with Crippen LogP contribution in [0.1, 0.15) is 66.8 Å². The summed E-state index contributed by atoms with van der Waals surface area (Å²) in [5.41, 5.74) is 6.40. The molecule has 5 rings (SSSR count). The first kappa shape index (κ1) is 27.3. The number of aliphatic carboxylic acids is 1. The topological polar surface area (TPSA) is 99.1 Å². The van der Waals surface area contributed by atoms with Crippen molar-refractivity contribution < 1.29 is 19.5 Å². The molecular formula is C33H35N3O4. The molecule has 0 radical (unpaired) electrons. The number of rotatable bonds is 9. The Morgan fingerprint density at radius 1 is 1.00 bits per heavy atom. The molecule has 0 bridgehead atoms. The first-order chi connectivity index (χ1) is 19.3. The molecule has 40 heavy (non-hydrogen) atoms. The van der Waals surface area contributed by atoms with Crippen molar-refractivity contribution in [1.29, 1.82) is 0 Å². The third kappa shape index (κ3) is 5.83. The Morgan fingerprint density at radius 2 is 1.75 bits per heavy atom. The molecule has 3 aromatic carbocycles. The fourth-order valence-corrected chi connectivity index (χ4v) is 5.69. The van der Waals surface area contributed by atoms with Gasteiger partial charge in [0.25, 0.3) is 0 Å². The highest BCUT2D eigenvalue weighted by Crippen LogP contribution is 2.35. The lowest BCUT2D eigenvalue weighted by Gasteiger charge is -2.25. The highest BCUT2D eigenvalue weighted by molar-refractivity contribution is 6.04. The predicted molar refractivity (Wildman–Crippen MR) is 155 cm³/mol. The summed E-state index contributed by atoms with van der Waals surface area (Å²) in [6.45, 7) is 4.51. The maximum Gasteiger partial charge on any atom is 0.307 e. The smallest absolute Gasteiger partial charge is 0.307 e. The van der Waals surface area contributed by atoms with E-state index < -0.39 is 11.9 Å². The molecule has 3 unspecified atom stereocenters. The Kier molecular flexibility index (Phi) is 8.10.